The van der Waals surface area contributed by atoms with E-state index in [1.165, 1.54) is 6.07 Å². The van der Waals surface area contributed by atoms with Gasteiger partial charge in [-0.05, 0) is 18.2 Å². The van der Waals surface area contributed by atoms with Gasteiger partial charge in [-0.3, -0.25) is 0 Å². The molecule has 88 valence electrons. The number of halogens is 3. The van der Waals surface area contributed by atoms with Crippen LogP contribution in [-0.4, -0.2) is 0 Å². The second-order valence-corrected chi connectivity index (χ2v) is 4.36. The lowest BCUT2D eigenvalue weighted by Crippen LogP contribution is -1.92. The molecule has 2 rings (SSSR count). The summed E-state index contributed by atoms with van der Waals surface area (Å²) in [4.78, 5) is 0. The fourth-order valence-corrected chi connectivity index (χ4v) is 2.08. The van der Waals surface area contributed by atoms with Crippen LogP contribution in [0.15, 0.2) is 42.5 Å². The van der Waals surface area contributed by atoms with Gasteiger partial charge < -0.3 is 4.74 Å². The molecule has 1 nitrogen and oxygen atoms in total. The van der Waals surface area contributed by atoms with E-state index >= 15 is 0 Å². The summed E-state index contributed by atoms with van der Waals surface area (Å²) in [5.74, 6) is 0.242. The molecule has 0 amide bonds. The molecule has 4 heteroatoms. The van der Waals surface area contributed by atoms with Crippen molar-refractivity contribution in [2.24, 2.45) is 0 Å². The Labute approximate surface area is 112 Å². The van der Waals surface area contributed by atoms with Gasteiger partial charge in [-0.15, -0.1) is 0 Å². The minimum absolute atomic E-state index is 0.169. The number of hydrogen-bond acceptors (Lipinski definition) is 1. The van der Waals surface area contributed by atoms with Gasteiger partial charge in [-0.25, -0.2) is 4.39 Å². The lowest BCUT2D eigenvalue weighted by molar-refractivity contribution is 0.439. The predicted octanol–water partition coefficient (Wildman–Crippen LogP) is 5.17. The average molecular weight is 316 g/mol. The smallest absolute Gasteiger partial charge is 0.165 e. The molecule has 0 fully saturated rings. The van der Waals surface area contributed by atoms with Crippen LogP contribution in [0, 0.1) is 5.82 Å². The molecule has 0 atom stereocenters. The quantitative estimate of drug-likeness (QED) is 0.710. The van der Waals surface area contributed by atoms with Crippen molar-refractivity contribution in [2.75, 3.05) is 0 Å². The number of alkyl halides is 1. The number of para-hydroxylation sites is 2. The Morgan fingerprint density at radius 3 is 2.59 bits per heavy atom. The molecule has 0 aliphatic rings. The van der Waals surface area contributed by atoms with Gasteiger partial charge in [0.2, 0.25) is 0 Å². The van der Waals surface area contributed by atoms with Gasteiger partial charge in [0.1, 0.15) is 5.75 Å². The Hall–Kier alpha value is -1.06. The Balaban J connectivity index is 2.39. The van der Waals surface area contributed by atoms with Gasteiger partial charge in [0, 0.05) is 10.9 Å². The van der Waals surface area contributed by atoms with Crippen LogP contribution in [0.4, 0.5) is 4.39 Å². The van der Waals surface area contributed by atoms with Crippen molar-refractivity contribution in [1.82, 2.24) is 0 Å². The van der Waals surface area contributed by atoms with E-state index in [9.17, 15) is 4.39 Å². The molecule has 0 aromatic heterocycles. The predicted molar refractivity (Wildman–Crippen MR) is 70.6 cm³/mol. The Bertz CT molecular complexity index is 531. The van der Waals surface area contributed by atoms with Crippen LogP contribution >= 0.6 is 27.5 Å². The first-order valence-electron chi connectivity index (χ1n) is 4.98. The van der Waals surface area contributed by atoms with Crippen LogP contribution in [0.2, 0.25) is 5.02 Å². The van der Waals surface area contributed by atoms with Crippen molar-refractivity contribution < 1.29 is 9.13 Å². The fourth-order valence-electron chi connectivity index (χ4n) is 1.41. The molecule has 2 aromatic rings. The van der Waals surface area contributed by atoms with Crippen molar-refractivity contribution in [1.29, 1.82) is 0 Å². The van der Waals surface area contributed by atoms with Crippen LogP contribution < -0.4 is 4.74 Å². The molecule has 0 aliphatic carbocycles. The summed E-state index contributed by atoms with van der Waals surface area (Å²) in [5.41, 5.74) is 0.876. The molecule has 2 aromatic carbocycles. The van der Waals surface area contributed by atoms with E-state index in [2.05, 4.69) is 15.9 Å². The average Bonchev–Trinajstić information content (AvgIpc) is 2.34. The number of ether oxygens (including phenoxy) is 1. The van der Waals surface area contributed by atoms with Gasteiger partial charge in [-0.1, -0.05) is 51.8 Å². The minimum atomic E-state index is -0.409. The van der Waals surface area contributed by atoms with Gasteiger partial charge in [0.05, 0.1) is 5.02 Å². The first kappa shape index (κ1) is 12.4. The molecule has 0 spiro atoms. The molecule has 0 aliphatic heterocycles. The van der Waals surface area contributed by atoms with E-state index in [1.807, 2.05) is 12.1 Å². The lowest BCUT2D eigenvalue weighted by atomic mass is 10.2. The van der Waals surface area contributed by atoms with E-state index in [1.54, 1.807) is 24.3 Å². The molecule has 0 N–H and O–H groups in total. The summed E-state index contributed by atoms with van der Waals surface area (Å²) in [5, 5.41) is 1.06. The van der Waals surface area contributed by atoms with Crippen molar-refractivity contribution in [2.45, 2.75) is 5.33 Å². The van der Waals surface area contributed by atoms with Crippen LogP contribution in [0.5, 0.6) is 11.5 Å². The number of rotatable bonds is 3. The summed E-state index contributed by atoms with van der Waals surface area (Å²) in [6.45, 7) is 0. The third kappa shape index (κ3) is 2.79. The largest absolute Gasteiger partial charge is 0.452 e. The SMILES string of the molecule is Fc1ccccc1Oc1c(Cl)cccc1CBr. The molecule has 0 saturated carbocycles. The van der Waals surface area contributed by atoms with Crippen molar-refractivity contribution in [3.05, 3.63) is 58.9 Å². The zero-order valence-electron chi connectivity index (χ0n) is 8.79. The highest BCUT2D eigenvalue weighted by Crippen LogP contribution is 2.34. The Kier molecular flexibility index (Phi) is 4.02. The normalized spacial score (nSPS) is 10.3. The maximum absolute atomic E-state index is 13.5. The minimum Gasteiger partial charge on any atom is -0.452 e. The summed E-state index contributed by atoms with van der Waals surface area (Å²) in [6, 6.07) is 11.6. The molecule has 0 unspecified atom stereocenters. The molecule has 0 radical (unpaired) electrons. The highest BCUT2D eigenvalue weighted by molar-refractivity contribution is 9.08. The van der Waals surface area contributed by atoms with Crippen LogP contribution in [0.25, 0.3) is 0 Å². The first-order valence-corrected chi connectivity index (χ1v) is 6.48. The molecule has 0 heterocycles. The second-order valence-electron chi connectivity index (χ2n) is 3.39. The van der Waals surface area contributed by atoms with Crippen molar-refractivity contribution in [3.63, 3.8) is 0 Å². The molecular formula is C13H9BrClFO. The monoisotopic (exact) mass is 314 g/mol. The van der Waals surface area contributed by atoms with Gasteiger partial charge in [0.25, 0.3) is 0 Å². The molecule has 0 bridgehead atoms. The van der Waals surface area contributed by atoms with E-state index in [-0.39, 0.29) is 5.75 Å². The standard InChI is InChI=1S/C13H9BrClFO/c14-8-9-4-3-5-10(15)13(9)17-12-7-2-1-6-11(12)16/h1-7H,8H2. The van der Waals surface area contributed by atoms with Crippen LogP contribution in [0.1, 0.15) is 5.56 Å². The fraction of sp³-hybridized carbons (Fsp3) is 0.0769. The maximum atomic E-state index is 13.5. The first-order chi connectivity index (χ1) is 8.22. The maximum Gasteiger partial charge on any atom is 0.165 e. The van der Waals surface area contributed by atoms with E-state index < -0.39 is 5.82 Å². The van der Waals surface area contributed by atoms with Gasteiger partial charge >= 0.3 is 0 Å². The van der Waals surface area contributed by atoms with Gasteiger partial charge in [-0.2, -0.15) is 0 Å². The number of hydrogen-bond donors (Lipinski definition) is 0. The Morgan fingerprint density at radius 1 is 1.12 bits per heavy atom. The molecular weight excluding hydrogens is 306 g/mol. The second kappa shape index (κ2) is 5.52. The highest BCUT2D eigenvalue weighted by Gasteiger charge is 2.10. The topological polar surface area (TPSA) is 9.23 Å². The summed E-state index contributed by atoms with van der Waals surface area (Å²) >= 11 is 9.38. The third-order valence-corrected chi connectivity index (χ3v) is 3.14. The summed E-state index contributed by atoms with van der Waals surface area (Å²) in [7, 11) is 0. The van der Waals surface area contributed by atoms with Crippen LogP contribution in [-0.2, 0) is 5.33 Å². The van der Waals surface area contributed by atoms with Crippen molar-refractivity contribution in [3.8, 4) is 11.5 Å². The molecule has 17 heavy (non-hydrogen) atoms. The lowest BCUT2D eigenvalue weighted by Gasteiger charge is -2.11. The summed E-state index contributed by atoms with van der Waals surface area (Å²) < 4.78 is 19.0. The van der Waals surface area contributed by atoms with E-state index in [0.29, 0.717) is 16.1 Å². The van der Waals surface area contributed by atoms with E-state index in [0.717, 1.165) is 5.56 Å². The van der Waals surface area contributed by atoms with E-state index in [4.69, 9.17) is 16.3 Å². The highest BCUT2D eigenvalue weighted by atomic mass is 79.9. The summed E-state index contributed by atoms with van der Waals surface area (Å²) in [6.07, 6.45) is 0. The zero-order chi connectivity index (χ0) is 12.3. The molecule has 0 saturated heterocycles. The number of benzene rings is 2. The van der Waals surface area contributed by atoms with Crippen molar-refractivity contribution >= 4 is 27.5 Å². The Morgan fingerprint density at radius 2 is 1.88 bits per heavy atom. The van der Waals surface area contributed by atoms with Gasteiger partial charge in [0.15, 0.2) is 11.6 Å². The van der Waals surface area contributed by atoms with Crippen LogP contribution in [0.3, 0.4) is 0 Å². The zero-order valence-corrected chi connectivity index (χ0v) is 11.1. The third-order valence-electron chi connectivity index (χ3n) is 2.24.